The number of rotatable bonds is 6. The van der Waals surface area contributed by atoms with E-state index in [1.807, 2.05) is 42.5 Å². The molecule has 3 aromatic carbocycles. The monoisotopic (exact) mass is 349 g/mol. The first-order valence-electron chi connectivity index (χ1n) is 7.81. The van der Waals surface area contributed by atoms with Gasteiger partial charge in [0.25, 0.3) is 5.91 Å². The average molecular weight is 349 g/mol. The van der Waals surface area contributed by atoms with Crippen LogP contribution in [0, 0.1) is 10.1 Å². The molecule has 7 nitrogen and oxygen atoms in total. The summed E-state index contributed by atoms with van der Waals surface area (Å²) in [6.07, 6.45) is 1.55. The van der Waals surface area contributed by atoms with E-state index in [9.17, 15) is 14.9 Å². The Bertz CT molecular complexity index is 980. The number of amides is 1. The molecule has 3 rings (SSSR count). The highest BCUT2D eigenvalue weighted by atomic mass is 16.6. The Morgan fingerprint density at radius 1 is 1.08 bits per heavy atom. The summed E-state index contributed by atoms with van der Waals surface area (Å²) in [5.41, 5.74) is 3.02. The maximum atomic E-state index is 11.8. The van der Waals surface area contributed by atoms with Crippen molar-refractivity contribution in [3.05, 3.63) is 82.4 Å². The predicted octanol–water partition coefficient (Wildman–Crippen LogP) is 3.28. The number of para-hydroxylation sites is 2. The third-order valence-corrected chi connectivity index (χ3v) is 3.64. The Morgan fingerprint density at radius 2 is 1.81 bits per heavy atom. The van der Waals surface area contributed by atoms with Crippen LogP contribution in [0.3, 0.4) is 0 Å². The second-order valence-corrected chi connectivity index (χ2v) is 5.38. The van der Waals surface area contributed by atoms with Crippen LogP contribution in [0.25, 0.3) is 10.8 Å². The van der Waals surface area contributed by atoms with Gasteiger partial charge in [0.15, 0.2) is 12.4 Å². The molecule has 7 heteroatoms. The summed E-state index contributed by atoms with van der Waals surface area (Å²) in [4.78, 5) is 22.2. The number of hydrogen-bond acceptors (Lipinski definition) is 5. The van der Waals surface area contributed by atoms with Gasteiger partial charge in [-0.1, -0.05) is 54.6 Å². The molecular weight excluding hydrogens is 334 g/mol. The lowest BCUT2D eigenvalue weighted by Crippen LogP contribution is -2.24. The molecule has 0 aliphatic carbocycles. The Morgan fingerprint density at radius 3 is 2.65 bits per heavy atom. The maximum absolute atomic E-state index is 11.8. The molecular formula is C19H15N3O4. The van der Waals surface area contributed by atoms with Crippen molar-refractivity contribution in [3.8, 4) is 5.75 Å². The minimum absolute atomic E-state index is 0.0330. The molecule has 0 saturated carbocycles. The topological polar surface area (TPSA) is 93.8 Å². The first-order chi connectivity index (χ1) is 12.6. The summed E-state index contributed by atoms with van der Waals surface area (Å²) in [7, 11) is 0. The maximum Gasteiger partial charge on any atom is 0.310 e. The van der Waals surface area contributed by atoms with E-state index in [0.29, 0.717) is 0 Å². The van der Waals surface area contributed by atoms with Gasteiger partial charge in [0.2, 0.25) is 0 Å². The highest BCUT2D eigenvalue weighted by Gasteiger charge is 2.14. The second kappa shape index (κ2) is 7.89. The molecule has 0 aliphatic rings. The molecule has 0 bridgehead atoms. The molecule has 0 saturated heterocycles. The molecule has 130 valence electrons. The fraction of sp³-hybridized carbons (Fsp3) is 0.0526. The predicted molar refractivity (Wildman–Crippen MR) is 98.3 cm³/mol. The zero-order valence-corrected chi connectivity index (χ0v) is 13.7. The van der Waals surface area contributed by atoms with E-state index in [4.69, 9.17) is 4.74 Å². The van der Waals surface area contributed by atoms with Gasteiger partial charge in [-0.05, 0) is 16.8 Å². The van der Waals surface area contributed by atoms with Crippen LogP contribution in [0.2, 0.25) is 0 Å². The van der Waals surface area contributed by atoms with Gasteiger partial charge in [-0.15, -0.1) is 0 Å². The van der Waals surface area contributed by atoms with Crippen LogP contribution in [-0.2, 0) is 4.79 Å². The lowest BCUT2D eigenvalue weighted by molar-refractivity contribution is -0.385. The molecule has 0 aliphatic heterocycles. The molecule has 0 aromatic heterocycles. The average Bonchev–Trinajstić information content (AvgIpc) is 2.66. The summed E-state index contributed by atoms with van der Waals surface area (Å²) in [6.45, 7) is -0.377. The highest BCUT2D eigenvalue weighted by Crippen LogP contribution is 2.25. The summed E-state index contributed by atoms with van der Waals surface area (Å²) in [5.74, 6) is -0.481. The van der Waals surface area contributed by atoms with E-state index in [2.05, 4.69) is 10.5 Å². The minimum atomic E-state index is -0.564. The Kier molecular flexibility index (Phi) is 5.19. The van der Waals surface area contributed by atoms with Crippen LogP contribution < -0.4 is 10.2 Å². The summed E-state index contributed by atoms with van der Waals surface area (Å²) in [6, 6.07) is 19.5. The van der Waals surface area contributed by atoms with Crippen molar-refractivity contribution < 1.29 is 14.5 Å². The normalized spacial score (nSPS) is 10.8. The fourth-order valence-corrected chi connectivity index (χ4v) is 2.44. The number of nitrogens with one attached hydrogen (secondary N) is 1. The summed E-state index contributed by atoms with van der Waals surface area (Å²) in [5, 5.41) is 16.9. The number of ether oxygens (including phenoxy) is 1. The van der Waals surface area contributed by atoms with Gasteiger partial charge >= 0.3 is 5.69 Å². The molecule has 0 heterocycles. The molecule has 0 radical (unpaired) electrons. The van der Waals surface area contributed by atoms with Gasteiger partial charge in [-0.25, -0.2) is 5.43 Å². The van der Waals surface area contributed by atoms with Gasteiger partial charge in [0.1, 0.15) is 0 Å². The van der Waals surface area contributed by atoms with Crippen LogP contribution >= 0.6 is 0 Å². The molecule has 0 fully saturated rings. The second-order valence-electron chi connectivity index (χ2n) is 5.38. The van der Waals surface area contributed by atoms with Crippen molar-refractivity contribution in [1.29, 1.82) is 0 Å². The van der Waals surface area contributed by atoms with Crippen LogP contribution in [-0.4, -0.2) is 23.7 Å². The van der Waals surface area contributed by atoms with E-state index in [1.54, 1.807) is 12.3 Å². The van der Waals surface area contributed by atoms with E-state index < -0.39 is 10.8 Å². The quantitative estimate of drug-likeness (QED) is 0.420. The van der Waals surface area contributed by atoms with Crippen LogP contribution in [0.1, 0.15) is 5.56 Å². The number of hydrazone groups is 1. The van der Waals surface area contributed by atoms with Crippen molar-refractivity contribution in [3.63, 3.8) is 0 Å². The minimum Gasteiger partial charge on any atom is -0.477 e. The van der Waals surface area contributed by atoms with E-state index >= 15 is 0 Å². The lowest BCUT2D eigenvalue weighted by Gasteiger charge is -2.05. The van der Waals surface area contributed by atoms with Gasteiger partial charge in [-0.2, -0.15) is 5.10 Å². The van der Waals surface area contributed by atoms with Crippen molar-refractivity contribution in [2.75, 3.05) is 6.61 Å². The third-order valence-electron chi connectivity index (χ3n) is 3.64. The molecule has 1 N–H and O–H groups in total. The van der Waals surface area contributed by atoms with Crippen molar-refractivity contribution in [1.82, 2.24) is 5.43 Å². The molecule has 0 unspecified atom stereocenters. The first-order valence-corrected chi connectivity index (χ1v) is 7.81. The Balaban J connectivity index is 1.61. The SMILES string of the molecule is O=C(COc1ccccc1[N+](=O)[O-])N/N=C\c1cccc2ccccc12. The van der Waals surface area contributed by atoms with Gasteiger partial charge in [0.05, 0.1) is 11.1 Å². The number of fused-ring (bicyclic) bond motifs is 1. The number of nitrogens with zero attached hydrogens (tertiary/aromatic N) is 2. The van der Waals surface area contributed by atoms with Crippen LogP contribution in [0.15, 0.2) is 71.8 Å². The number of nitro groups is 1. The lowest BCUT2D eigenvalue weighted by atomic mass is 10.1. The van der Waals surface area contributed by atoms with E-state index in [0.717, 1.165) is 16.3 Å². The van der Waals surface area contributed by atoms with Crippen molar-refractivity contribution >= 4 is 28.6 Å². The van der Waals surface area contributed by atoms with Crippen LogP contribution in [0.4, 0.5) is 5.69 Å². The zero-order valence-electron chi connectivity index (χ0n) is 13.7. The number of nitro benzene ring substituents is 1. The molecule has 3 aromatic rings. The van der Waals surface area contributed by atoms with Crippen molar-refractivity contribution in [2.45, 2.75) is 0 Å². The van der Waals surface area contributed by atoms with E-state index in [1.165, 1.54) is 18.2 Å². The largest absolute Gasteiger partial charge is 0.477 e. The Labute approximate surface area is 149 Å². The highest BCUT2D eigenvalue weighted by molar-refractivity contribution is 5.99. The fourth-order valence-electron chi connectivity index (χ4n) is 2.44. The first kappa shape index (κ1) is 17.1. The van der Waals surface area contributed by atoms with Crippen LogP contribution in [0.5, 0.6) is 5.75 Å². The zero-order chi connectivity index (χ0) is 18.4. The number of hydrogen-bond donors (Lipinski definition) is 1. The molecule has 1 amide bonds. The van der Waals surface area contributed by atoms with Gasteiger partial charge < -0.3 is 4.74 Å². The summed E-state index contributed by atoms with van der Waals surface area (Å²) >= 11 is 0. The molecule has 0 atom stereocenters. The number of carbonyl (C=O) groups excluding carboxylic acids is 1. The van der Waals surface area contributed by atoms with E-state index in [-0.39, 0.29) is 18.0 Å². The van der Waals surface area contributed by atoms with Gasteiger partial charge in [-0.3, -0.25) is 14.9 Å². The summed E-state index contributed by atoms with van der Waals surface area (Å²) < 4.78 is 5.21. The smallest absolute Gasteiger partial charge is 0.310 e. The Hall–Kier alpha value is -3.74. The number of carbonyl (C=O) groups is 1. The third kappa shape index (κ3) is 4.02. The molecule has 0 spiro atoms. The standard InChI is InChI=1S/C19H15N3O4/c23-19(13-26-18-11-4-3-10-17(18)22(24)25)21-20-12-15-8-5-7-14-6-1-2-9-16(14)15/h1-12H,13H2,(H,21,23)/b20-12-. The van der Waals surface area contributed by atoms with Gasteiger partial charge in [0, 0.05) is 11.6 Å². The number of benzene rings is 3. The van der Waals surface area contributed by atoms with Crippen molar-refractivity contribution in [2.24, 2.45) is 5.10 Å². The molecule has 26 heavy (non-hydrogen) atoms.